The molecule has 3 nitrogen and oxygen atoms in total. The first-order chi connectivity index (χ1) is 6.90. The summed E-state index contributed by atoms with van der Waals surface area (Å²) in [7, 11) is 0. The van der Waals surface area contributed by atoms with Crippen molar-refractivity contribution in [1.29, 1.82) is 0 Å². The van der Waals surface area contributed by atoms with E-state index in [1.807, 2.05) is 6.92 Å². The summed E-state index contributed by atoms with van der Waals surface area (Å²) in [5.41, 5.74) is 0.0140. The molecule has 0 amide bonds. The third-order valence-corrected chi connectivity index (χ3v) is 3.59. The van der Waals surface area contributed by atoms with Gasteiger partial charge in [0.25, 0.3) is 0 Å². The van der Waals surface area contributed by atoms with Crippen molar-refractivity contribution >= 4 is 11.8 Å². The van der Waals surface area contributed by atoms with Gasteiger partial charge in [0.2, 0.25) is 0 Å². The van der Waals surface area contributed by atoms with E-state index in [9.17, 15) is 9.59 Å². The fourth-order valence-electron chi connectivity index (χ4n) is 2.04. The number of rotatable bonds is 2. The molecule has 0 aromatic heterocycles. The van der Waals surface area contributed by atoms with Crippen molar-refractivity contribution in [3.63, 3.8) is 0 Å². The number of esters is 1. The first-order valence-electron chi connectivity index (χ1n) is 5.60. The van der Waals surface area contributed by atoms with E-state index in [1.165, 1.54) is 0 Å². The molecule has 0 radical (unpaired) electrons. The Kier molecular flexibility index (Phi) is 3.53. The van der Waals surface area contributed by atoms with Gasteiger partial charge in [0, 0.05) is 5.92 Å². The molecule has 0 heterocycles. The third-order valence-electron chi connectivity index (χ3n) is 3.59. The fraction of sp³-hybridized carbons (Fsp3) is 0.833. The van der Waals surface area contributed by atoms with Gasteiger partial charge >= 0.3 is 5.97 Å². The predicted molar refractivity (Wildman–Crippen MR) is 57.3 cm³/mol. The molecule has 15 heavy (non-hydrogen) atoms. The second kappa shape index (κ2) is 4.33. The van der Waals surface area contributed by atoms with Crippen LogP contribution < -0.4 is 0 Å². The molecular formula is C12H20O3. The molecule has 1 aliphatic rings. The van der Waals surface area contributed by atoms with Crippen LogP contribution in [-0.4, -0.2) is 18.4 Å². The predicted octanol–water partition coefficient (Wildman–Crippen LogP) is 2.19. The third kappa shape index (κ3) is 2.39. The Labute approximate surface area is 91.2 Å². The normalized spacial score (nSPS) is 30.0. The van der Waals surface area contributed by atoms with Gasteiger partial charge in [-0.1, -0.05) is 20.8 Å². The zero-order valence-electron chi connectivity index (χ0n) is 10.0. The standard InChI is InChI=1S/C12H20O3/c1-5-15-11(14)9-6-7-12(3,4)8(2)10(9)13/h8-9H,5-7H2,1-4H3. The van der Waals surface area contributed by atoms with Gasteiger partial charge in [0.15, 0.2) is 0 Å². The van der Waals surface area contributed by atoms with E-state index < -0.39 is 5.92 Å². The highest BCUT2D eigenvalue weighted by Crippen LogP contribution is 2.40. The summed E-state index contributed by atoms with van der Waals surface area (Å²) in [5, 5.41) is 0. The number of carbonyl (C=O) groups is 2. The van der Waals surface area contributed by atoms with Gasteiger partial charge in [0.05, 0.1) is 6.61 Å². The van der Waals surface area contributed by atoms with E-state index in [0.717, 1.165) is 6.42 Å². The molecule has 1 rings (SSSR count). The van der Waals surface area contributed by atoms with Crippen LogP contribution in [0.15, 0.2) is 0 Å². The van der Waals surface area contributed by atoms with E-state index in [1.54, 1.807) is 6.92 Å². The summed E-state index contributed by atoms with van der Waals surface area (Å²) in [6, 6.07) is 0. The molecular weight excluding hydrogens is 192 g/mol. The minimum absolute atomic E-state index is 0.0140. The number of carbonyl (C=O) groups excluding carboxylic acids is 2. The Balaban J connectivity index is 2.73. The Hall–Kier alpha value is -0.860. The van der Waals surface area contributed by atoms with Gasteiger partial charge in [-0.15, -0.1) is 0 Å². The van der Waals surface area contributed by atoms with Gasteiger partial charge in [0.1, 0.15) is 11.7 Å². The molecule has 0 N–H and O–H groups in total. The van der Waals surface area contributed by atoms with E-state index in [-0.39, 0.29) is 23.1 Å². The van der Waals surface area contributed by atoms with Crippen LogP contribution in [0.4, 0.5) is 0 Å². The number of Topliss-reactive ketones (excluding diaryl/α,β-unsaturated/α-hetero) is 1. The lowest BCUT2D eigenvalue weighted by Gasteiger charge is -2.38. The average Bonchev–Trinajstić information content (AvgIpc) is 2.15. The van der Waals surface area contributed by atoms with Crippen molar-refractivity contribution in [2.24, 2.45) is 17.3 Å². The van der Waals surface area contributed by atoms with Crippen LogP contribution in [0.1, 0.15) is 40.5 Å². The van der Waals surface area contributed by atoms with Crippen LogP contribution in [0, 0.1) is 17.3 Å². The molecule has 3 heteroatoms. The minimum atomic E-state index is -0.520. The lowest BCUT2D eigenvalue weighted by Crippen LogP contribution is -2.42. The van der Waals surface area contributed by atoms with Crippen LogP contribution in [0.25, 0.3) is 0 Å². The topological polar surface area (TPSA) is 43.4 Å². The molecule has 0 aromatic rings. The smallest absolute Gasteiger partial charge is 0.316 e. The summed E-state index contributed by atoms with van der Waals surface area (Å²) in [6.07, 6.45) is 1.54. The number of hydrogen-bond donors (Lipinski definition) is 0. The van der Waals surface area contributed by atoms with Gasteiger partial charge in [-0.3, -0.25) is 9.59 Å². The molecule has 2 unspecified atom stereocenters. The Morgan fingerprint density at radius 1 is 1.53 bits per heavy atom. The minimum Gasteiger partial charge on any atom is -0.465 e. The molecule has 0 saturated heterocycles. The number of ether oxygens (including phenoxy) is 1. The largest absolute Gasteiger partial charge is 0.465 e. The SMILES string of the molecule is CCOC(=O)C1CCC(C)(C)C(C)C1=O. The highest BCUT2D eigenvalue weighted by Gasteiger charge is 2.43. The maximum atomic E-state index is 12.0. The van der Waals surface area contributed by atoms with E-state index in [2.05, 4.69) is 13.8 Å². The molecule has 0 spiro atoms. The monoisotopic (exact) mass is 212 g/mol. The van der Waals surface area contributed by atoms with Crippen molar-refractivity contribution in [3.8, 4) is 0 Å². The van der Waals surface area contributed by atoms with Gasteiger partial charge in [-0.05, 0) is 25.2 Å². The maximum Gasteiger partial charge on any atom is 0.316 e. The van der Waals surface area contributed by atoms with Gasteiger partial charge in [-0.25, -0.2) is 0 Å². The number of ketones is 1. The number of hydrogen-bond acceptors (Lipinski definition) is 3. The van der Waals surface area contributed by atoms with Crippen LogP contribution in [0.5, 0.6) is 0 Å². The van der Waals surface area contributed by atoms with Crippen molar-refractivity contribution in [2.45, 2.75) is 40.5 Å². The molecule has 0 aliphatic heterocycles. The zero-order chi connectivity index (χ0) is 11.6. The van der Waals surface area contributed by atoms with E-state index >= 15 is 0 Å². The zero-order valence-corrected chi connectivity index (χ0v) is 10.0. The molecule has 2 atom stereocenters. The Morgan fingerprint density at radius 3 is 2.67 bits per heavy atom. The first-order valence-corrected chi connectivity index (χ1v) is 5.60. The van der Waals surface area contributed by atoms with Crippen LogP contribution >= 0.6 is 0 Å². The van der Waals surface area contributed by atoms with Crippen LogP contribution in [0.3, 0.4) is 0 Å². The van der Waals surface area contributed by atoms with Crippen molar-refractivity contribution < 1.29 is 14.3 Å². The summed E-state index contributed by atoms with van der Waals surface area (Å²) in [5.74, 6) is -0.872. The Bertz CT molecular complexity index is 268. The summed E-state index contributed by atoms with van der Waals surface area (Å²) < 4.78 is 4.91. The molecule has 86 valence electrons. The highest BCUT2D eigenvalue weighted by molar-refractivity contribution is 6.00. The van der Waals surface area contributed by atoms with Crippen LogP contribution in [0.2, 0.25) is 0 Å². The molecule has 0 aromatic carbocycles. The summed E-state index contributed by atoms with van der Waals surface area (Å²) in [4.78, 5) is 23.5. The van der Waals surface area contributed by atoms with E-state index in [4.69, 9.17) is 4.74 Å². The summed E-state index contributed by atoms with van der Waals surface area (Å²) >= 11 is 0. The lowest BCUT2D eigenvalue weighted by molar-refractivity contribution is -0.156. The first kappa shape index (κ1) is 12.2. The molecule has 1 saturated carbocycles. The van der Waals surface area contributed by atoms with Gasteiger partial charge < -0.3 is 4.74 Å². The molecule has 0 bridgehead atoms. The van der Waals surface area contributed by atoms with Crippen molar-refractivity contribution in [1.82, 2.24) is 0 Å². The fourth-order valence-corrected chi connectivity index (χ4v) is 2.04. The maximum absolute atomic E-state index is 12.0. The second-order valence-electron chi connectivity index (χ2n) is 4.96. The second-order valence-corrected chi connectivity index (χ2v) is 4.96. The van der Waals surface area contributed by atoms with Crippen molar-refractivity contribution in [3.05, 3.63) is 0 Å². The molecule has 1 aliphatic carbocycles. The lowest BCUT2D eigenvalue weighted by atomic mass is 9.65. The van der Waals surface area contributed by atoms with E-state index in [0.29, 0.717) is 13.0 Å². The Morgan fingerprint density at radius 2 is 2.13 bits per heavy atom. The van der Waals surface area contributed by atoms with Gasteiger partial charge in [-0.2, -0.15) is 0 Å². The van der Waals surface area contributed by atoms with Crippen LogP contribution in [-0.2, 0) is 14.3 Å². The summed E-state index contributed by atoms with van der Waals surface area (Å²) in [6.45, 7) is 8.18. The average molecular weight is 212 g/mol. The van der Waals surface area contributed by atoms with Crippen molar-refractivity contribution in [2.75, 3.05) is 6.61 Å². The highest BCUT2D eigenvalue weighted by atomic mass is 16.5. The quantitative estimate of drug-likeness (QED) is 0.520. The molecule has 1 fully saturated rings.